The van der Waals surface area contributed by atoms with Crippen molar-refractivity contribution in [1.29, 1.82) is 0 Å². The summed E-state index contributed by atoms with van der Waals surface area (Å²) >= 11 is 7.50. The summed E-state index contributed by atoms with van der Waals surface area (Å²) < 4.78 is 5.22. The number of rotatable bonds is 3. The summed E-state index contributed by atoms with van der Waals surface area (Å²) in [6, 6.07) is 0. The van der Waals surface area contributed by atoms with Crippen LogP contribution in [0, 0.1) is 12.8 Å². The van der Waals surface area contributed by atoms with Crippen molar-refractivity contribution in [3.63, 3.8) is 0 Å². The van der Waals surface area contributed by atoms with Crippen LogP contribution in [-0.2, 0) is 0 Å². The van der Waals surface area contributed by atoms with E-state index in [1.54, 1.807) is 0 Å². The molecular formula is C12H10ClNO2S. The van der Waals surface area contributed by atoms with Crippen LogP contribution in [0.2, 0.25) is 5.02 Å². The van der Waals surface area contributed by atoms with Crippen LogP contribution in [0.5, 0.6) is 0 Å². The molecule has 0 saturated heterocycles. The number of aromatic nitrogens is 1. The predicted molar refractivity (Wildman–Crippen MR) is 66.6 cm³/mol. The van der Waals surface area contributed by atoms with Gasteiger partial charge in [-0.25, -0.2) is 0 Å². The van der Waals surface area contributed by atoms with Crippen LogP contribution in [-0.4, -0.2) is 10.9 Å². The number of hydrogen-bond donors (Lipinski definition) is 0. The molecule has 0 unspecified atom stereocenters. The fraction of sp³-hybridized carbons (Fsp3) is 0.333. The molecule has 1 fully saturated rings. The lowest BCUT2D eigenvalue weighted by Gasteiger charge is -1.98. The van der Waals surface area contributed by atoms with Gasteiger partial charge in [-0.2, -0.15) is 0 Å². The van der Waals surface area contributed by atoms with E-state index in [9.17, 15) is 4.79 Å². The lowest BCUT2D eigenvalue weighted by atomic mass is 10.1. The standard InChI is InChI=1S/C12H10ClNO2S/c1-6-9(13)5-17-12(6)11-8(4-14-16-11)10(15)7-2-3-7/h4-5,7H,2-3H2,1H3. The Morgan fingerprint density at radius 3 is 2.94 bits per heavy atom. The molecule has 88 valence electrons. The minimum Gasteiger partial charge on any atom is -0.355 e. The lowest BCUT2D eigenvalue weighted by Crippen LogP contribution is -2.01. The molecule has 1 aliphatic rings. The molecule has 2 aromatic heterocycles. The van der Waals surface area contributed by atoms with Crippen LogP contribution in [0.25, 0.3) is 10.6 Å². The third-order valence-electron chi connectivity index (χ3n) is 2.97. The Kier molecular flexibility index (Phi) is 2.56. The average molecular weight is 268 g/mol. The normalized spacial score (nSPS) is 15.2. The Hall–Kier alpha value is -1.13. The van der Waals surface area contributed by atoms with Crippen molar-refractivity contribution in [1.82, 2.24) is 5.16 Å². The van der Waals surface area contributed by atoms with Gasteiger partial charge < -0.3 is 4.52 Å². The highest BCUT2D eigenvalue weighted by atomic mass is 35.5. The zero-order valence-electron chi connectivity index (χ0n) is 9.20. The molecule has 0 bridgehead atoms. The smallest absolute Gasteiger partial charge is 0.187 e. The van der Waals surface area contributed by atoms with E-state index in [2.05, 4.69) is 5.16 Å². The van der Waals surface area contributed by atoms with Crippen molar-refractivity contribution in [2.45, 2.75) is 19.8 Å². The average Bonchev–Trinajstić information content (AvgIpc) is 2.98. The van der Waals surface area contributed by atoms with Gasteiger partial charge >= 0.3 is 0 Å². The van der Waals surface area contributed by atoms with Crippen molar-refractivity contribution in [3.05, 3.63) is 27.7 Å². The maximum absolute atomic E-state index is 12.1. The number of carbonyl (C=O) groups excluding carboxylic acids is 1. The second-order valence-corrected chi connectivity index (χ2v) is 5.53. The molecule has 2 aromatic rings. The summed E-state index contributed by atoms with van der Waals surface area (Å²) in [5.41, 5.74) is 1.53. The Labute approximate surface area is 107 Å². The first kappa shape index (κ1) is 11.0. The SMILES string of the molecule is Cc1c(Cl)csc1-c1oncc1C(=O)C1CC1. The minimum absolute atomic E-state index is 0.144. The summed E-state index contributed by atoms with van der Waals surface area (Å²) in [6.45, 7) is 1.92. The Bertz CT molecular complexity index is 583. The van der Waals surface area contributed by atoms with Gasteiger partial charge in [-0.15, -0.1) is 11.3 Å². The van der Waals surface area contributed by atoms with Crippen molar-refractivity contribution in [3.8, 4) is 10.6 Å². The Morgan fingerprint density at radius 2 is 2.35 bits per heavy atom. The van der Waals surface area contributed by atoms with E-state index in [1.165, 1.54) is 17.5 Å². The number of nitrogens with zero attached hydrogens (tertiary/aromatic N) is 1. The number of ketones is 1. The fourth-order valence-electron chi connectivity index (χ4n) is 1.76. The third-order valence-corrected chi connectivity index (χ3v) is 4.57. The molecule has 0 aromatic carbocycles. The maximum atomic E-state index is 12.1. The van der Waals surface area contributed by atoms with Crippen LogP contribution in [0.15, 0.2) is 16.1 Å². The van der Waals surface area contributed by atoms with Crippen molar-refractivity contribution >= 4 is 28.7 Å². The van der Waals surface area contributed by atoms with Crippen molar-refractivity contribution in [2.75, 3.05) is 0 Å². The van der Waals surface area contributed by atoms with Gasteiger partial charge in [0.25, 0.3) is 0 Å². The first-order valence-corrected chi connectivity index (χ1v) is 6.67. The number of hydrogen-bond acceptors (Lipinski definition) is 4. The number of Topliss-reactive ketones (excluding diaryl/α,β-unsaturated/α-hetero) is 1. The summed E-state index contributed by atoms with van der Waals surface area (Å²) in [6.07, 6.45) is 3.48. The molecule has 2 heterocycles. The van der Waals surface area contributed by atoms with E-state index in [0.29, 0.717) is 16.3 Å². The third kappa shape index (κ3) is 1.81. The van der Waals surface area contributed by atoms with E-state index in [4.69, 9.17) is 16.1 Å². The van der Waals surface area contributed by atoms with Crippen LogP contribution < -0.4 is 0 Å². The topological polar surface area (TPSA) is 43.1 Å². The van der Waals surface area contributed by atoms with Crippen LogP contribution in [0.3, 0.4) is 0 Å². The van der Waals surface area contributed by atoms with E-state index in [1.807, 2.05) is 12.3 Å². The summed E-state index contributed by atoms with van der Waals surface area (Å²) in [5, 5.41) is 6.30. The van der Waals surface area contributed by atoms with Crippen LogP contribution >= 0.6 is 22.9 Å². The molecule has 5 heteroatoms. The van der Waals surface area contributed by atoms with E-state index in [0.717, 1.165) is 23.3 Å². The first-order valence-electron chi connectivity index (χ1n) is 5.41. The van der Waals surface area contributed by atoms with E-state index in [-0.39, 0.29) is 11.7 Å². The molecule has 3 rings (SSSR count). The van der Waals surface area contributed by atoms with Crippen molar-refractivity contribution in [2.24, 2.45) is 5.92 Å². The second kappa shape index (κ2) is 3.96. The quantitative estimate of drug-likeness (QED) is 0.791. The lowest BCUT2D eigenvalue weighted by molar-refractivity contribution is 0.0968. The zero-order chi connectivity index (χ0) is 12.0. The predicted octanol–water partition coefficient (Wildman–Crippen LogP) is 3.96. The second-order valence-electron chi connectivity index (χ2n) is 4.24. The highest BCUT2D eigenvalue weighted by Gasteiger charge is 2.34. The Morgan fingerprint density at radius 1 is 1.59 bits per heavy atom. The van der Waals surface area contributed by atoms with Crippen LogP contribution in [0.1, 0.15) is 28.8 Å². The molecule has 3 nitrogen and oxygen atoms in total. The number of thiophene rings is 1. The van der Waals surface area contributed by atoms with Gasteiger partial charge in [-0.05, 0) is 25.3 Å². The molecule has 17 heavy (non-hydrogen) atoms. The van der Waals surface area contributed by atoms with Gasteiger partial charge in [0.15, 0.2) is 11.5 Å². The summed E-state index contributed by atoms with van der Waals surface area (Å²) in [4.78, 5) is 13.0. The molecule has 0 amide bonds. The molecular weight excluding hydrogens is 258 g/mol. The molecule has 1 aliphatic carbocycles. The molecule has 0 aliphatic heterocycles. The van der Waals surface area contributed by atoms with E-state index >= 15 is 0 Å². The largest absolute Gasteiger partial charge is 0.355 e. The van der Waals surface area contributed by atoms with Gasteiger partial charge in [0.1, 0.15) is 0 Å². The van der Waals surface area contributed by atoms with Gasteiger partial charge in [-0.1, -0.05) is 16.8 Å². The van der Waals surface area contributed by atoms with E-state index < -0.39 is 0 Å². The van der Waals surface area contributed by atoms with Gasteiger partial charge in [-0.3, -0.25) is 4.79 Å². The van der Waals surface area contributed by atoms with Crippen molar-refractivity contribution < 1.29 is 9.32 Å². The Balaban J connectivity index is 2.06. The summed E-state index contributed by atoms with van der Waals surface area (Å²) in [7, 11) is 0. The number of carbonyl (C=O) groups is 1. The molecule has 1 saturated carbocycles. The maximum Gasteiger partial charge on any atom is 0.187 e. The molecule has 0 N–H and O–H groups in total. The van der Waals surface area contributed by atoms with Gasteiger partial charge in [0.2, 0.25) is 0 Å². The highest BCUT2D eigenvalue weighted by Crippen LogP contribution is 2.40. The number of halogens is 1. The highest BCUT2D eigenvalue weighted by molar-refractivity contribution is 7.14. The monoisotopic (exact) mass is 267 g/mol. The molecule has 0 radical (unpaired) electrons. The van der Waals surface area contributed by atoms with Crippen LogP contribution in [0.4, 0.5) is 0 Å². The molecule has 0 atom stereocenters. The van der Waals surface area contributed by atoms with Gasteiger partial charge in [0, 0.05) is 11.3 Å². The fourth-order valence-corrected chi connectivity index (χ4v) is 2.99. The minimum atomic E-state index is 0.144. The van der Waals surface area contributed by atoms with Gasteiger partial charge in [0.05, 0.1) is 21.7 Å². The molecule has 0 spiro atoms. The first-order chi connectivity index (χ1) is 8.18. The summed E-state index contributed by atoms with van der Waals surface area (Å²) in [5.74, 6) is 0.880. The zero-order valence-corrected chi connectivity index (χ0v) is 10.8.